The summed E-state index contributed by atoms with van der Waals surface area (Å²) >= 11 is 6.39. The molecular formula is C26H21ClN4O. The zero-order valence-electron chi connectivity index (χ0n) is 17.7. The number of nitrogens with zero attached hydrogens (tertiary/aromatic N) is 3. The number of aromatic nitrogens is 3. The number of rotatable bonds is 2. The summed E-state index contributed by atoms with van der Waals surface area (Å²) < 4.78 is 8.57. The number of hydrogen-bond donors (Lipinski definition) is 1. The number of ether oxygens (including phenoxy) is 1. The molecule has 3 aromatic carbocycles. The van der Waals surface area contributed by atoms with Crippen molar-refractivity contribution in [1.29, 1.82) is 0 Å². The van der Waals surface area contributed by atoms with Crippen molar-refractivity contribution in [3.8, 4) is 5.75 Å². The second-order valence-electron chi connectivity index (χ2n) is 8.35. The fourth-order valence-electron chi connectivity index (χ4n) is 4.53. The Morgan fingerprint density at radius 1 is 0.906 bits per heavy atom. The minimum absolute atomic E-state index is 0.164. The number of nitrogens with one attached hydrogen (secondary N) is 1. The van der Waals surface area contributed by atoms with Gasteiger partial charge in [-0.2, -0.15) is 10.1 Å². The average Bonchev–Trinajstić information content (AvgIpc) is 3.27. The summed E-state index contributed by atoms with van der Waals surface area (Å²) in [6.45, 7) is 4.18. The molecule has 2 unspecified atom stereocenters. The number of benzene rings is 3. The molecule has 4 aromatic rings. The van der Waals surface area contributed by atoms with Gasteiger partial charge in [-0.15, -0.1) is 0 Å². The van der Waals surface area contributed by atoms with E-state index < -0.39 is 0 Å². The smallest absolute Gasteiger partial charge is 0.226 e. The number of aryl methyl sites for hydroxylation is 2. The third-order valence-electron chi connectivity index (χ3n) is 6.15. The van der Waals surface area contributed by atoms with Crippen LogP contribution in [0.3, 0.4) is 0 Å². The quantitative estimate of drug-likeness (QED) is 0.408. The topological polar surface area (TPSA) is 52.0 Å². The van der Waals surface area contributed by atoms with Crippen LogP contribution in [0.2, 0.25) is 5.02 Å². The molecule has 6 heteroatoms. The Balaban J connectivity index is 1.63. The second kappa shape index (κ2) is 7.24. The Bertz CT molecular complexity index is 1360. The lowest BCUT2D eigenvalue weighted by atomic mass is 9.84. The van der Waals surface area contributed by atoms with Crippen LogP contribution in [0.25, 0.3) is 5.70 Å². The Hall–Kier alpha value is -3.57. The Kier molecular flexibility index (Phi) is 4.33. The van der Waals surface area contributed by atoms with Crippen molar-refractivity contribution in [1.82, 2.24) is 14.8 Å². The number of anilines is 1. The summed E-state index contributed by atoms with van der Waals surface area (Å²) in [5.41, 5.74) is 7.64. The van der Waals surface area contributed by atoms with Crippen LogP contribution in [0.1, 0.15) is 40.0 Å². The lowest BCUT2D eigenvalue weighted by Gasteiger charge is -2.39. The molecule has 0 amide bonds. The molecule has 0 saturated carbocycles. The van der Waals surface area contributed by atoms with Crippen LogP contribution in [0, 0.1) is 13.8 Å². The fraction of sp³-hybridized carbons (Fsp3) is 0.154. The predicted molar refractivity (Wildman–Crippen MR) is 126 cm³/mol. The second-order valence-corrected chi connectivity index (χ2v) is 8.78. The van der Waals surface area contributed by atoms with Gasteiger partial charge in [0, 0.05) is 16.2 Å². The van der Waals surface area contributed by atoms with Gasteiger partial charge in [0.2, 0.25) is 5.95 Å². The molecule has 0 radical (unpaired) electrons. The molecule has 0 spiro atoms. The first-order valence-corrected chi connectivity index (χ1v) is 11.0. The molecule has 1 aromatic heterocycles. The summed E-state index contributed by atoms with van der Waals surface area (Å²) in [5.74, 6) is 1.49. The summed E-state index contributed by atoms with van der Waals surface area (Å²) in [6, 6.07) is 22.7. The lowest BCUT2D eigenvalue weighted by Crippen LogP contribution is -2.32. The van der Waals surface area contributed by atoms with E-state index in [1.807, 2.05) is 22.9 Å². The van der Waals surface area contributed by atoms with Gasteiger partial charge in [0.15, 0.2) is 0 Å². The van der Waals surface area contributed by atoms with Crippen LogP contribution < -0.4 is 10.1 Å². The van der Waals surface area contributed by atoms with Gasteiger partial charge in [0.05, 0.1) is 5.70 Å². The van der Waals surface area contributed by atoms with Gasteiger partial charge < -0.3 is 10.1 Å². The van der Waals surface area contributed by atoms with Crippen molar-refractivity contribution in [2.24, 2.45) is 0 Å². The first-order valence-electron chi connectivity index (χ1n) is 10.6. The number of hydrogen-bond acceptors (Lipinski definition) is 4. The molecule has 0 fully saturated rings. The fourth-order valence-corrected chi connectivity index (χ4v) is 4.70. The molecule has 2 atom stereocenters. The maximum absolute atomic E-state index is 6.63. The zero-order valence-corrected chi connectivity index (χ0v) is 18.5. The minimum atomic E-state index is -0.282. The van der Waals surface area contributed by atoms with Crippen molar-refractivity contribution >= 4 is 23.2 Å². The van der Waals surface area contributed by atoms with Crippen LogP contribution in [0.15, 0.2) is 78.6 Å². The van der Waals surface area contributed by atoms with E-state index >= 15 is 0 Å². The highest BCUT2D eigenvalue weighted by Crippen LogP contribution is 2.51. The van der Waals surface area contributed by atoms with Gasteiger partial charge in [0.1, 0.15) is 24.2 Å². The van der Waals surface area contributed by atoms with Crippen molar-refractivity contribution in [3.63, 3.8) is 0 Å². The zero-order chi connectivity index (χ0) is 21.8. The Morgan fingerprint density at radius 2 is 1.59 bits per heavy atom. The number of fused-ring (bicyclic) bond motifs is 3. The van der Waals surface area contributed by atoms with Crippen molar-refractivity contribution in [2.45, 2.75) is 26.0 Å². The van der Waals surface area contributed by atoms with Crippen LogP contribution in [-0.2, 0) is 0 Å². The standard InChI is InChI=1S/C26H21ClN4O/c1-15-3-7-17(8-4-15)24-22-23(30-26-28-14-29-31(24)26)20-13-19(27)11-12-21(20)32-25(22)18-9-5-16(2)6-10-18/h3-14,24-25H,1-2H3,(H,28,29,30). The van der Waals surface area contributed by atoms with E-state index in [1.54, 1.807) is 6.33 Å². The van der Waals surface area contributed by atoms with Crippen LogP contribution in [0.4, 0.5) is 5.95 Å². The van der Waals surface area contributed by atoms with Crippen molar-refractivity contribution in [2.75, 3.05) is 5.32 Å². The molecular weight excluding hydrogens is 420 g/mol. The van der Waals surface area contributed by atoms with Crippen LogP contribution >= 0.6 is 11.6 Å². The van der Waals surface area contributed by atoms with Gasteiger partial charge in [-0.25, -0.2) is 4.68 Å². The molecule has 32 heavy (non-hydrogen) atoms. The monoisotopic (exact) mass is 440 g/mol. The molecule has 2 aliphatic rings. The summed E-state index contributed by atoms with van der Waals surface area (Å²) in [4.78, 5) is 4.48. The largest absolute Gasteiger partial charge is 0.480 e. The van der Waals surface area contributed by atoms with E-state index in [-0.39, 0.29) is 12.1 Å². The first kappa shape index (κ1) is 19.1. The highest BCUT2D eigenvalue weighted by atomic mass is 35.5. The van der Waals surface area contributed by atoms with E-state index in [1.165, 1.54) is 11.1 Å². The van der Waals surface area contributed by atoms with E-state index in [0.717, 1.165) is 33.7 Å². The molecule has 0 aliphatic carbocycles. The SMILES string of the molecule is Cc1ccc(C2Oc3ccc(Cl)cc3C3=C2C(c2ccc(C)cc2)n2ncnc2N3)cc1. The average molecular weight is 441 g/mol. The van der Waals surface area contributed by atoms with Crippen molar-refractivity contribution < 1.29 is 4.74 Å². The van der Waals surface area contributed by atoms with Gasteiger partial charge in [-0.05, 0) is 43.2 Å². The maximum atomic E-state index is 6.63. The molecule has 3 heterocycles. The molecule has 0 saturated heterocycles. The van der Waals surface area contributed by atoms with E-state index in [2.05, 4.69) is 77.8 Å². The molecule has 0 bridgehead atoms. The molecule has 158 valence electrons. The maximum Gasteiger partial charge on any atom is 0.226 e. The normalized spacial score (nSPS) is 18.8. The summed E-state index contributed by atoms with van der Waals surface area (Å²) in [7, 11) is 0. The van der Waals surface area contributed by atoms with Gasteiger partial charge in [0.25, 0.3) is 0 Å². The minimum Gasteiger partial charge on any atom is -0.480 e. The highest BCUT2D eigenvalue weighted by Gasteiger charge is 2.40. The van der Waals surface area contributed by atoms with E-state index in [0.29, 0.717) is 11.0 Å². The first-order chi connectivity index (χ1) is 15.6. The molecule has 5 nitrogen and oxygen atoms in total. The van der Waals surface area contributed by atoms with Crippen LogP contribution in [0.5, 0.6) is 5.75 Å². The Labute approximate surface area is 191 Å². The van der Waals surface area contributed by atoms with Gasteiger partial charge in [-0.3, -0.25) is 0 Å². The third-order valence-corrected chi connectivity index (χ3v) is 6.38. The Morgan fingerprint density at radius 3 is 2.31 bits per heavy atom. The third kappa shape index (κ3) is 3.00. The number of halogens is 1. The molecule has 1 N–H and O–H groups in total. The predicted octanol–water partition coefficient (Wildman–Crippen LogP) is 6.11. The summed E-state index contributed by atoms with van der Waals surface area (Å²) in [6.07, 6.45) is 1.30. The van der Waals surface area contributed by atoms with Gasteiger partial charge >= 0.3 is 0 Å². The van der Waals surface area contributed by atoms with Crippen LogP contribution in [-0.4, -0.2) is 14.8 Å². The van der Waals surface area contributed by atoms with E-state index in [9.17, 15) is 0 Å². The highest BCUT2D eigenvalue weighted by molar-refractivity contribution is 6.30. The molecule has 2 aliphatic heterocycles. The molecule has 6 rings (SSSR count). The lowest BCUT2D eigenvalue weighted by molar-refractivity contribution is 0.223. The summed E-state index contributed by atoms with van der Waals surface area (Å²) in [5, 5.41) is 8.75. The van der Waals surface area contributed by atoms with E-state index in [4.69, 9.17) is 16.3 Å². The van der Waals surface area contributed by atoms with Gasteiger partial charge in [-0.1, -0.05) is 71.3 Å². The van der Waals surface area contributed by atoms with Crippen molar-refractivity contribution in [3.05, 3.63) is 111 Å².